The third-order valence-electron chi connectivity index (χ3n) is 5.41. The summed E-state index contributed by atoms with van der Waals surface area (Å²) in [6.07, 6.45) is 0.883. The quantitative estimate of drug-likeness (QED) is 0.123. The van der Waals surface area contributed by atoms with Crippen LogP contribution in [0.1, 0.15) is 23.3 Å². The van der Waals surface area contributed by atoms with Crippen molar-refractivity contribution in [2.24, 2.45) is 12.9 Å². The van der Waals surface area contributed by atoms with Crippen molar-refractivity contribution in [2.75, 3.05) is 13.3 Å². The van der Waals surface area contributed by atoms with Gasteiger partial charge in [0.05, 0.1) is 16.5 Å². The first-order chi connectivity index (χ1) is 14.9. The summed E-state index contributed by atoms with van der Waals surface area (Å²) in [6, 6.07) is 5.86. The van der Waals surface area contributed by atoms with Gasteiger partial charge in [0, 0.05) is 31.6 Å². The molecule has 3 rings (SSSR count). The van der Waals surface area contributed by atoms with Crippen LogP contribution in [0.5, 0.6) is 0 Å². The van der Waals surface area contributed by atoms with E-state index in [-0.39, 0.29) is 17.3 Å². The Morgan fingerprint density at radius 3 is 2.62 bits per heavy atom. The molecule has 0 spiro atoms. The molecule has 0 unspecified atom stereocenters. The number of nitrogens with one attached hydrogen (secondary N) is 1. The third kappa shape index (κ3) is 4.75. The summed E-state index contributed by atoms with van der Waals surface area (Å²) >= 11 is 3.39. The molecule has 13 heteroatoms. The number of carbonyl (C=O) groups is 1. The van der Waals surface area contributed by atoms with Gasteiger partial charge in [-0.2, -0.15) is 14.7 Å². The number of nitriles is 1. The molecule has 0 aliphatic heterocycles. The van der Waals surface area contributed by atoms with E-state index in [0.717, 1.165) is 10.3 Å². The van der Waals surface area contributed by atoms with Gasteiger partial charge in [0.15, 0.2) is 5.69 Å². The summed E-state index contributed by atoms with van der Waals surface area (Å²) in [6.45, 7) is 6.84. The number of rotatable bonds is 9. The number of nitrogens with two attached hydrogens (primary N) is 1. The van der Waals surface area contributed by atoms with Crippen LogP contribution in [0, 0.1) is 11.3 Å². The van der Waals surface area contributed by atoms with E-state index in [1.165, 1.54) is 16.8 Å². The third-order valence-corrected chi connectivity index (χ3v) is 9.59. The maximum Gasteiger partial charge on any atom is 0.286 e. The molecule has 1 aliphatic carbocycles. The SMILES string of the molecule is Cn1nc(C(=O)NN)c2cc(S(=O)(=O)N(COCC[Si](C)(C)C)C3(C#N)CC3)cc(Br)c21. The topological polar surface area (TPSA) is 143 Å². The van der Waals surface area contributed by atoms with E-state index >= 15 is 0 Å². The van der Waals surface area contributed by atoms with Crippen molar-refractivity contribution < 1.29 is 17.9 Å². The van der Waals surface area contributed by atoms with Crippen LogP contribution in [-0.2, 0) is 21.8 Å². The van der Waals surface area contributed by atoms with Crippen LogP contribution >= 0.6 is 15.9 Å². The highest BCUT2D eigenvalue weighted by Gasteiger charge is 2.54. The maximum atomic E-state index is 13.7. The Labute approximate surface area is 196 Å². The van der Waals surface area contributed by atoms with Gasteiger partial charge >= 0.3 is 0 Å². The largest absolute Gasteiger partial charge is 0.365 e. The summed E-state index contributed by atoms with van der Waals surface area (Å²) in [4.78, 5) is 12.1. The number of fused-ring (bicyclic) bond motifs is 1. The minimum Gasteiger partial charge on any atom is -0.365 e. The number of ether oxygens (including phenoxy) is 1. The molecular formula is C19H27BrN6O4SSi. The van der Waals surface area contributed by atoms with Gasteiger partial charge < -0.3 is 4.74 Å². The lowest BCUT2D eigenvalue weighted by molar-refractivity contribution is 0.0660. The summed E-state index contributed by atoms with van der Waals surface area (Å²) in [5.41, 5.74) is 1.45. The van der Waals surface area contributed by atoms with Gasteiger partial charge in [0.1, 0.15) is 12.3 Å². The van der Waals surface area contributed by atoms with Crippen LogP contribution in [-0.4, -0.2) is 55.4 Å². The number of sulfonamides is 1. The second-order valence-corrected chi connectivity index (χ2v) is 17.4. The van der Waals surface area contributed by atoms with Crippen molar-refractivity contribution in [3.8, 4) is 6.07 Å². The van der Waals surface area contributed by atoms with Crippen molar-refractivity contribution >= 4 is 50.8 Å². The lowest BCUT2D eigenvalue weighted by Crippen LogP contribution is -2.43. The molecule has 1 aliphatic rings. The number of nitrogens with zero attached hydrogens (tertiary/aromatic N) is 4. The van der Waals surface area contributed by atoms with E-state index in [2.05, 4.69) is 46.7 Å². The molecule has 1 heterocycles. The monoisotopic (exact) mass is 542 g/mol. The minimum absolute atomic E-state index is 0.00195. The van der Waals surface area contributed by atoms with Crippen LogP contribution in [0.25, 0.3) is 10.9 Å². The Morgan fingerprint density at radius 2 is 2.09 bits per heavy atom. The van der Waals surface area contributed by atoms with Gasteiger partial charge in [-0.15, -0.1) is 0 Å². The Balaban J connectivity index is 2.03. The van der Waals surface area contributed by atoms with E-state index in [1.807, 2.05) is 5.43 Å². The van der Waals surface area contributed by atoms with Gasteiger partial charge in [-0.05, 0) is 46.9 Å². The van der Waals surface area contributed by atoms with E-state index in [4.69, 9.17) is 10.6 Å². The summed E-state index contributed by atoms with van der Waals surface area (Å²) in [7, 11) is -3.83. The molecule has 0 saturated heterocycles. The number of carbonyl (C=O) groups excluding carboxylic acids is 1. The number of aromatic nitrogens is 2. The van der Waals surface area contributed by atoms with Gasteiger partial charge in [0.2, 0.25) is 10.0 Å². The van der Waals surface area contributed by atoms with Crippen LogP contribution in [0.3, 0.4) is 0 Å². The fourth-order valence-corrected chi connectivity index (χ4v) is 6.64. The predicted molar refractivity (Wildman–Crippen MR) is 126 cm³/mol. The molecule has 174 valence electrons. The molecular weight excluding hydrogens is 516 g/mol. The van der Waals surface area contributed by atoms with Crippen molar-refractivity contribution in [1.82, 2.24) is 19.5 Å². The number of nitrogen functional groups attached to an aromatic ring is 1. The average Bonchev–Trinajstić information content (AvgIpc) is 3.42. The fourth-order valence-electron chi connectivity index (χ4n) is 3.33. The van der Waals surface area contributed by atoms with E-state index < -0.39 is 29.5 Å². The Morgan fingerprint density at radius 1 is 1.44 bits per heavy atom. The van der Waals surface area contributed by atoms with E-state index in [0.29, 0.717) is 34.8 Å². The zero-order valence-electron chi connectivity index (χ0n) is 18.5. The lowest BCUT2D eigenvalue weighted by Gasteiger charge is -2.27. The van der Waals surface area contributed by atoms with Gasteiger partial charge in [0.25, 0.3) is 5.91 Å². The number of aryl methyl sites for hydroxylation is 1. The molecule has 1 amide bonds. The number of halogens is 1. The molecule has 0 radical (unpaired) electrons. The number of hydrogen-bond donors (Lipinski definition) is 2. The Hall–Kier alpha value is -1.82. The van der Waals surface area contributed by atoms with Gasteiger partial charge in [-0.1, -0.05) is 19.6 Å². The first kappa shape index (κ1) is 24.8. The van der Waals surface area contributed by atoms with Crippen molar-refractivity contribution in [2.45, 2.75) is 49.0 Å². The Bertz CT molecular complexity index is 1200. The highest BCUT2D eigenvalue weighted by atomic mass is 79.9. The summed E-state index contributed by atoms with van der Waals surface area (Å²) < 4.78 is 36.1. The van der Waals surface area contributed by atoms with Crippen LogP contribution in [0.2, 0.25) is 25.7 Å². The highest BCUT2D eigenvalue weighted by molar-refractivity contribution is 9.10. The zero-order chi connectivity index (χ0) is 23.9. The van der Waals surface area contributed by atoms with Crippen LogP contribution in [0.15, 0.2) is 21.5 Å². The molecule has 1 fully saturated rings. The predicted octanol–water partition coefficient (Wildman–Crippen LogP) is 2.30. The first-order valence-electron chi connectivity index (χ1n) is 10.1. The molecule has 10 nitrogen and oxygen atoms in total. The molecule has 0 atom stereocenters. The van der Waals surface area contributed by atoms with E-state index in [9.17, 15) is 18.5 Å². The maximum absolute atomic E-state index is 13.7. The number of amides is 1. The van der Waals surface area contributed by atoms with Crippen molar-refractivity contribution in [1.29, 1.82) is 5.26 Å². The van der Waals surface area contributed by atoms with Gasteiger partial charge in [-0.3, -0.25) is 14.9 Å². The molecule has 2 aromatic rings. The molecule has 0 bridgehead atoms. The Kier molecular flexibility index (Phi) is 6.86. The molecule has 1 saturated carbocycles. The fraction of sp³-hybridized carbons (Fsp3) is 0.526. The summed E-state index contributed by atoms with van der Waals surface area (Å²) in [5, 5.41) is 14.2. The zero-order valence-corrected chi connectivity index (χ0v) is 21.9. The second kappa shape index (κ2) is 8.84. The van der Waals surface area contributed by atoms with Crippen LogP contribution in [0.4, 0.5) is 0 Å². The molecule has 3 N–H and O–H groups in total. The molecule has 1 aromatic heterocycles. The first-order valence-corrected chi connectivity index (χ1v) is 16.0. The minimum atomic E-state index is -4.11. The van der Waals surface area contributed by atoms with E-state index in [1.54, 1.807) is 7.05 Å². The standard InChI is InChI=1S/C19H27BrN6O4SSi/c1-25-17-14(16(24-25)18(27)23-22)9-13(10-15(17)20)31(28,29)26(19(11-21)5-6-19)12-30-7-8-32(2,3)4/h9-10H,5-8,12,22H2,1-4H3,(H,23,27). The number of hydrazine groups is 1. The smallest absolute Gasteiger partial charge is 0.286 e. The lowest BCUT2D eigenvalue weighted by atomic mass is 10.2. The van der Waals surface area contributed by atoms with Crippen molar-refractivity contribution in [3.05, 3.63) is 22.3 Å². The normalized spacial score (nSPS) is 15.7. The van der Waals surface area contributed by atoms with Crippen molar-refractivity contribution in [3.63, 3.8) is 0 Å². The molecule has 1 aromatic carbocycles. The van der Waals surface area contributed by atoms with Gasteiger partial charge in [-0.25, -0.2) is 14.3 Å². The number of benzene rings is 1. The summed E-state index contributed by atoms with van der Waals surface area (Å²) in [5.74, 6) is 4.62. The number of hydrogen-bond acceptors (Lipinski definition) is 7. The second-order valence-electron chi connectivity index (χ2n) is 9.09. The van der Waals surface area contributed by atoms with Crippen LogP contribution < -0.4 is 11.3 Å². The highest BCUT2D eigenvalue weighted by Crippen LogP contribution is 2.44. The molecule has 32 heavy (non-hydrogen) atoms. The average molecular weight is 544 g/mol.